The lowest BCUT2D eigenvalue weighted by atomic mass is 10.1. The highest BCUT2D eigenvalue weighted by Gasteiger charge is 2.24. The van der Waals surface area contributed by atoms with Crippen LogP contribution in [0.5, 0.6) is 0 Å². The van der Waals surface area contributed by atoms with Gasteiger partial charge in [-0.05, 0) is 19.8 Å². The highest BCUT2D eigenvalue weighted by atomic mass is 32.2. The second-order valence-electron chi connectivity index (χ2n) is 6.03. The quantitative estimate of drug-likeness (QED) is 0.285. The maximum absolute atomic E-state index is 11.6. The first-order valence-electron chi connectivity index (χ1n) is 8.75. The number of hydrogen-bond donors (Lipinski definition) is 0. The van der Waals surface area contributed by atoms with E-state index in [1.54, 1.807) is 11.8 Å². The van der Waals surface area contributed by atoms with E-state index in [1.807, 2.05) is 18.7 Å². The third kappa shape index (κ3) is 8.35. The maximum Gasteiger partial charge on any atom is 0.308 e. The van der Waals surface area contributed by atoms with E-state index in [9.17, 15) is 9.59 Å². The summed E-state index contributed by atoms with van der Waals surface area (Å²) >= 11 is 1.78. The minimum Gasteiger partial charge on any atom is -0.463 e. The summed E-state index contributed by atoms with van der Waals surface area (Å²) in [5.41, 5.74) is 0. The van der Waals surface area contributed by atoms with E-state index in [-0.39, 0.29) is 31.2 Å². The van der Waals surface area contributed by atoms with E-state index in [0.717, 1.165) is 30.9 Å². The number of amides is 1. The van der Waals surface area contributed by atoms with E-state index in [4.69, 9.17) is 14.2 Å². The van der Waals surface area contributed by atoms with Gasteiger partial charge in [0.05, 0.1) is 19.1 Å². The molecule has 0 N–H and O–H groups in total. The van der Waals surface area contributed by atoms with Crippen molar-refractivity contribution in [3.8, 4) is 0 Å². The predicted molar refractivity (Wildman–Crippen MR) is 94.9 cm³/mol. The van der Waals surface area contributed by atoms with Gasteiger partial charge in [0.15, 0.2) is 0 Å². The molecule has 1 heterocycles. The van der Waals surface area contributed by atoms with Gasteiger partial charge < -0.3 is 19.1 Å². The van der Waals surface area contributed by atoms with Gasteiger partial charge >= 0.3 is 5.97 Å². The Labute approximate surface area is 149 Å². The Kier molecular flexibility index (Phi) is 11.1. The summed E-state index contributed by atoms with van der Waals surface area (Å²) in [6.07, 6.45) is 2.47. The van der Waals surface area contributed by atoms with Gasteiger partial charge in [-0.15, -0.1) is 0 Å². The highest BCUT2D eigenvalue weighted by molar-refractivity contribution is 7.99. The fourth-order valence-corrected chi connectivity index (χ4v) is 3.21. The van der Waals surface area contributed by atoms with Crippen LogP contribution in [0.4, 0.5) is 0 Å². The Hall–Kier alpha value is -0.790. The SMILES string of the molecule is CCC(C)C(=O)OCCOCOCCSCC(C)N1CCCC1=O. The molecule has 0 aromatic carbocycles. The van der Waals surface area contributed by atoms with Crippen LogP contribution < -0.4 is 0 Å². The Morgan fingerprint density at radius 1 is 1.25 bits per heavy atom. The van der Waals surface area contributed by atoms with Gasteiger partial charge in [0.2, 0.25) is 5.91 Å². The first kappa shape index (κ1) is 21.3. The lowest BCUT2D eigenvalue weighted by molar-refractivity contribution is -0.151. The van der Waals surface area contributed by atoms with Crippen molar-refractivity contribution in [3.05, 3.63) is 0 Å². The standard InChI is InChI=1S/C17H31NO5S/c1-4-14(2)17(20)23-9-8-21-13-22-10-11-24-12-15(3)18-7-5-6-16(18)19/h14-15H,4-13H2,1-3H3. The van der Waals surface area contributed by atoms with Crippen LogP contribution in [0.25, 0.3) is 0 Å². The van der Waals surface area contributed by atoms with Crippen molar-refractivity contribution >= 4 is 23.6 Å². The molecule has 1 amide bonds. The Bertz CT molecular complexity index is 380. The molecule has 0 aliphatic carbocycles. The molecule has 0 saturated carbocycles. The zero-order valence-corrected chi connectivity index (χ0v) is 15.9. The van der Waals surface area contributed by atoms with Crippen molar-refractivity contribution in [3.63, 3.8) is 0 Å². The average Bonchev–Trinajstić information content (AvgIpc) is 3.01. The zero-order chi connectivity index (χ0) is 17.8. The summed E-state index contributed by atoms with van der Waals surface area (Å²) in [4.78, 5) is 25.0. The van der Waals surface area contributed by atoms with Gasteiger partial charge in [0.1, 0.15) is 13.4 Å². The number of carbonyl (C=O) groups excluding carboxylic acids is 2. The largest absolute Gasteiger partial charge is 0.463 e. The average molecular weight is 362 g/mol. The predicted octanol–water partition coefficient (Wildman–Crippen LogP) is 2.31. The van der Waals surface area contributed by atoms with Crippen LogP contribution >= 0.6 is 11.8 Å². The topological polar surface area (TPSA) is 65.1 Å². The molecule has 0 bridgehead atoms. The number of nitrogens with zero attached hydrogens (tertiary/aromatic N) is 1. The molecule has 0 aromatic heterocycles. The van der Waals surface area contributed by atoms with E-state index in [1.165, 1.54) is 0 Å². The van der Waals surface area contributed by atoms with Crippen molar-refractivity contribution in [2.75, 3.05) is 44.7 Å². The first-order chi connectivity index (χ1) is 11.6. The molecule has 1 aliphatic heterocycles. The summed E-state index contributed by atoms with van der Waals surface area (Å²) in [6, 6.07) is 0.293. The lowest BCUT2D eigenvalue weighted by Crippen LogP contribution is -2.35. The summed E-state index contributed by atoms with van der Waals surface area (Å²) in [6.45, 7) is 8.24. The summed E-state index contributed by atoms with van der Waals surface area (Å²) in [5, 5.41) is 0. The van der Waals surface area contributed by atoms with Gasteiger partial charge in [0, 0.05) is 30.5 Å². The van der Waals surface area contributed by atoms with Gasteiger partial charge in [-0.1, -0.05) is 13.8 Å². The van der Waals surface area contributed by atoms with Gasteiger partial charge in [0.25, 0.3) is 0 Å². The molecule has 0 spiro atoms. The monoisotopic (exact) mass is 361 g/mol. The number of esters is 1. The Morgan fingerprint density at radius 2 is 2.00 bits per heavy atom. The van der Waals surface area contributed by atoms with E-state index in [2.05, 4.69) is 6.92 Å². The van der Waals surface area contributed by atoms with Gasteiger partial charge in [-0.2, -0.15) is 11.8 Å². The summed E-state index contributed by atoms with van der Waals surface area (Å²) < 4.78 is 15.7. The molecule has 1 aliphatic rings. The first-order valence-corrected chi connectivity index (χ1v) is 9.91. The second kappa shape index (κ2) is 12.6. The Balaban J connectivity index is 1.87. The lowest BCUT2D eigenvalue weighted by Gasteiger charge is -2.23. The van der Waals surface area contributed by atoms with Crippen LogP contribution in [0.3, 0.4) is 0 Å². The minimum absolute atomic E-state index is 0.0588. The normalized spacial score (nSPS) is 17.1. The molecule has 1 fully saturated rings. The molecule has 2 unspecified atom stereocenters. The van der Waals surface area contributed by atoms with E-state index in [0.29, 0.717) is 25.7 Å². The van der Waals surface area contributed by atoms with Crippen LogP contribution in [0.15, 0.2) is 0 Å². The van der Waals surface area contributed by atoms with Gasteiger partial charge in [-0.25, -0.2) is 0 Å². The van der Waals surface area contributed by atoms with E-state index < -0.39 is 0 Å². The molecule has 140 valence electrons. The fourth-order valence-electron chi connectivity index (χ4n) is 2.28. The van der Waals surface area contributed by atoms with Crippen molar-refractivity contribution in [1.82, 2.24) is 4.90 Å². The summed E-state index contributed by atoms with van der Waals surface area (Å²) in [5.74, 6) is 1.85. The highest BCUT2D eigenvalue weighted by Crippen LogP contribution is 2.16. The minimum atomic E-state index is -0.177. The molecule has 1 rings (SSSR count). The van der Waals surface area contributed by atoms with Crippen molar-refractivity contribution in [1.29, 1.82) is 0 Å². The number of rotatable bonds is 13. The molecule has 1 saturated heterocycles. The third-order valence-electron chi connectivity index (χ3n) is 4.03. The van der Waals surface area contributed by atoms with Crippen LogP contribution in [-0.2, 0) is 23.8 Å². The number of thioether (sulfide) groups is 1. The molecule has 6 nitrogen and oxygen atoms in total. The van der Waals surface area contributed by atoms with Gasteiger partial charge in [-0.3, -0.25) is 9.59 Å². The number of carbonyl (C=O) groups is 2. The molecular formula is C17H31NO5S. The van der Waals surface area contributed by atoms with E-state index >= 15 is 0 Å². The van der Waals surface area contributed by atoms with Crippen molar-refractivity contribution in [2.24, 2.45) is 5.92 Å². The number of ether oxygens (including phenoxy) is 3. The van der Waals surface area contributed by atoms with Crippen LogP contribution in [0, 0.1) is 5.92 Å². The Morgan fingerprint density at radius 3 is 2.67 bits per heavy atom. The van der Waals surface area contributed by atoms with Crippen molar-refractivity contribution < 1.29 is 23.8 Å². The zero-order valence-electron chi connectivity index (χ0n) is 15.1. The molecule has 0 radical (unpaired) electrons. The number of hydrogen-bond acceptors (Lipinski definition) is 6. The smallest absolute Gasteiger partial charge is 0.308 e. The molecular weight excluding hydrogens is 330 g/mol. The number of likely N-dealkylation sites (tertiary alicyclic amines) is 1. The fraction of sp³-hybridized carbons (Fsp3) is 0.882. The summed E-state index contributed by atoms with van der Waals surface area (Å²) in [7, 11) is 0. The van der Waals surface area contributed by atoms with Crippen LogP contribution in [0.2, 0.25) is 0 Å². The van der Waals surface area contributed by atoms with Crippen molar-refractivity contribution in [2.45, 2.75) is 46.1 Å². The molecule has 2 atom stereocenters. The second-order valence-corrected chi connectivity index (χ2v) is 7.18. The van der Waals surface area contributed by atoms with Crippen LogP contribution in [0.1, 0.15) is 40.0 Å². The molecule has 24 heavy (non-hydrogen) atoms. The van der Waals surface area contributed by atoms with Crippen LogP contribution in [-0.4, -0.2) is 67.5 Å². The molecule has 7 heteroatoms. The maximum atomic E-state index is 11.6. The molecule has 0 aromatic rings. The third-order valence-corrected chi connectivity index (χ3v) is 5.20.